The van der Waals surface area contributed by atoms with Crippen LogP contribution in [0.3, 0.4) is 0 Å². The second kappa shape index (κ2) is 9.25. The van der Waals surface area contributed by atoms with Gasteiger partial charge in [0, 0.05) is 18.2 Å². The molecule has 2 aromatic rings. The van der Waals surface area contributed by atoms with Gasteiger partial charge in [0.05, 0.1) is 6.04 Å². The average Bonchev–Trinajstić information content (AvgIpc) is 2.59. The minimum Gasteiger partial charge on any atom is -0.487 e. The van der Waals surface area contributed by atoms with Crippen molar-refractivity contribution in [2.75, 3.05) is 11.9 Å². The highest BCUT2D eigenvalue weighted by molar-refractivity contribution is 5.95. The van der Waals surface area contributed by atoms with Crippen molar-refractivity contribution in [1.29, 1.82) is 0 Å². The number of hydrogen-bond donors (Lipinski definition) is 2. The van der Waals surface area contributed by atoms with Gasteiger partial charge in [0.25, 0.3) is 12.3 Å². The molecule has 1 unspecified atom stereocenters. The third kappa shape index (κ3) is 6.00. The fourth-order valence-corrected chi connectivity index (χ4v) is 2.66. The van der Waals surface area contributed by atoms with Gasteiger partial charge in [0.15, 0.2) is 0 Å². The van der Waals surface area contributed by atoms with Gasteiger partial charge in [-0.25, -0.2) is 13.8 Å². The van der Waals surface area contributed by atoms with Crippen molar-refractivity contribution < 1.29 is 23.1 Å². The van der Waals surface area contributed by atoms with Gasteiger partial charge in [-0.15, -0.1) is 0 Å². The van der Waals surface area contributed by atoms with E-state index in [1.54, 1.807) is 26.0 Å². The fourth-order valence-electron chi connectivity index (χ4n) is 2.66. The first-order valence-corrected chi connectivity index (χ1v) is 8.74. The van der Waals surface area contributed by atoms with Crippen LogP contribution in [-0.2, 0) is 4.79 Å². The summed E-state index contributed by atoms with van der Waals surface area (Å²) in [5.41, 5.74) is 2.48. The Morgan fingerprint density at radius 2 is 1.89 bits per heavy atom. The maximum Gasteiger partial charge on any atom is 0.272 e. The van der Waals surface area contributed by atoms with E-state index in [0.29, 0.717) is 28.4 Å². The third-order valence-electron chi connectivity index (χ3n) is 3.93. The maximum absolute atomic E-state index is 12.5. The third-order valence-corrected chi connectivity index (χ3v) is 3.93. The van der Waals surface area contributed by atoms with E-state index in [9.17, 15) is 18.4 Å². The molecule has 0 aliphatic rings. The number of rotatable bonds is 7. The Hall–Kier alpha value is -3.03. The van der Waals surface area contributed by atoms with Crippen molar-refractivity contribution in [3.05, 3.63) is 52.7 Å². The second-order valence-corrected chi connectivity index (χ2v) is 6.49. The number of carbonyl (C=O) groups excluding carboxylic acids is 2. The molecule has 6 nitrogen and oxygen atoms in total. The van der Waals surface area contributed by atoms with E-state index >= 15 is 0 Å². The van der Waals surface area contributed by atoms with Crippen LogP contribution < -0.4 is 15.4 Å². The van der Waals surface area contributed by atoms with Crippen molar-refractivity contribution in [3.63, 3.8) is 0 Å². The highest BCUT2D eigenvalue weighted by atomic mass is 19.3. The number of hydrogen-bond acceptors (Lipinski definition) is 4. The van der Waals surface area contributed by atoms with Gasteiger partial charge in [0.1, 0.15) is 18.2 Å². The molecule has 2 rings (SSSR count). The normalized spacial score (nSPS) is 11.8. The lowest BCUT2D eigenvalue weighted by molar-refractivity contribution is -0.114. The number of benzene rings is 1. The number of amides is 2. The van der Waals surface area contributed by atoms with Gasteiger partial charge in [-0.05, 0) is 62.2 Å². The van der Waals surface area contributed by atoms with Crippen LogP contribution in [0, 0.1) is 13.8 Å². The number of halogens is 2. The van der Waals surface area contributed by atoms with E-state index in [1.807, 2.05) is 13.0 Å². The predicted octanol–water partition coefficient (Wildman–Crippen LogP) is 3.79. The molecule has 150 valence electrons. The lowest BCUT2D eigenvalue weighted by Crippen LogP contribution is -2.27. The molecule has 0 fully saturated rings. The van der Waals surface area contributed by atoms with E-state index in [-0.39, 0.29) is 17.9 Å². The van der Waals surface area contributed by atoms with Gasteiger partial charge in [-0.3, -0.25) is 9.59 Å². The van der Waals surface area contributed by atoms with Crippen LogP contribution in [0.1, 0.15) is 47.1 Å². The molecule has 28 heavy (non-hydrogen) atoms. The van der Waals surface area contributed by atoms with Crippen molar-refractivity contribution >= 4 is 17.6 Å². The standard InChI is InChI=1S/C20H23F2N3O3/c1-11-7-15(5-6-17(11)28-10-18(21)22)20(27)24-13(3)16-8-12(2)23-19(9-16)25-14(4)26/h5-9,13,18H,10H2,1-4H3,(H,24,27)(H,23,25,26). The smallest absolute Gasteiger partial charge is 0.272 e. The SMILES string of the molecule is CC(=O)Nc1cc(C(C)NC(=O)c2ccc(OCC(F)F)c(C)c2)cc(C)n1. The molecule has 0 aliphatic heterocycles. The van der Waals surface area contributed by atoms with E-state index < -0.39 is 13.0 Å². The number of nitrogens with one attached hydrogen (secondary N) is 2. The number of pyridine rings is 1. The number of nitrogens with zero attached hydrogens (tertiary/aromatic N) is 1. The number of aryl methyl sites for hydroxylation is 2. The van der Waals surface area contributed by atoms with Crippen molar-refractivity contribution in [3.8, 4) is 5.75 Å². The van der Waals surface area contributed by atoms with Gasteiger partial charge in [0.2, 0.25) is 5.91 Å². The summed E-state index contributed by atoms with van der Waals surface area (Å²) in [5, 5.41) is 5.51. The molecule has 0 spiro atoms. The molecule has 0 saturated carbocycles. The molecule has 1 atom stereocenters. The Balaban J connectivity index is 2.11. The quantitative estimate of drug-likeness (QED) is 0.753. The summed E-state index contributed by atoms with van der Waals surface area (Å²) in [7, 11) is 0. The second-order valence-electron chi connectivity index (χ2n) is 6.49. The highest BCUT2D eigenvalue weighted by Crippen LogP contribution is 2.22. The number of anilines is 1. The minimum absolute atomic E-state index is 0.231. The Kier molecular flexibility index (Phi) is 7.03. The lowest BCUT2D eigenvalue weighted by Gasteiger charge is -2.17. The molecule has 2 amide bonds. The van der Waals surface area contributed by atoms with E-state index in [0.717, 1.165) is 5.56 Å². The zero-order chi connectivity index (χ0) is 20.8. The van der Waals surface area contributed by atoms with Gasteiger partial charge >= 0.3 is 0 Å². The molecular weight excluding hydrogens is 368 g/mol. The summed E-state index contributed by atoms with van der Waals surface area (Å²) >= 11 is 0. The van der Waals surface area contributed by atoms with Gasteiger partial charge in [-0.2, -0.15) is 0 Å². The highest BCUT2D eigenvalue weighted by Gasteiger charge is 2.15. The number of ether oxygens (including phenoxy) is 1. The summed E-state index contributed by atoms with van der Waals surface area (Å²) in [4.78, 5) is 28.0. The Morgan fingerprint density at radius 1 is 1.18 bits per heavy atom. The number of aromatic nitrogens is 1. The molecule has 0 radical (unpaired) electrons. The molecule has 2 N–H and O–H groups in total. The Bertz CT molecular complexity index is 872. The minimum atomic E-state index is -2.56. The molecule has 1 aromatic carbocycles. The number of alkyl halides is 2. The van der Waals surface area contributed by atoms with E-state index in [2.05, 4.69) is 15.6 Å². The molecule has 0 aliphatic carbocycles. The largest absolute Gasteiger partial charge is 0.487 e. The van der Waals surface area contributed by atoms with Crippen LogP contribution in [0.15, 0.2) is 30.3 Å². The maximum atomic E-state index is 12.5. The molecule has 0 saturated heterocycles. The van der Waals surface area contributed by atoms with Crippen LogP contribution in [0.2, 0.25) is 0 Å². The first-order chi connectivity index (χ1) is 13.2. The molecule has 1 aromatic heterocycles. The zero-order valence-electron chi connectivity index (χ0n) is 16.2. The number of carbonyl (C=O) groups is 2. The summed E-state index contributed by atoms with van der Waals surface area (Å²) in [5.74, 6) is 0.187. The molecule has 1 heterocycles. The van der Waals surface area contributed by atoms with E-state index in [1.165, 1.54) is 19.1 Å². The summed E-state index contributed by atoms with van der Waals surface area (Å²) in [6.45, 7) is 6.00. The van der Waals surface area contributed by atoms with Crippen LogP contribution in [0.4, 0.5) is 14.6 Å². The monoisotopic (exact) mass is 391 g/mol. The zero-order valence-corrected chi connectivity index (χ0v) is 16.2. The Labute approximate surface area is 162 Å². The fraction of sp³-hybridized carbons (Fsp3) is 0.350. The molecular formula is C20H23F2N3O3. The first kappa shape index (κ1) is 21.3. The van der Waals surface area contributed by atoms with Crippen molar-refractivity contribution in [2.24, 2.45) is 0 Å². The topological polar surface area (TPSA) is 80.3 Å². The van der Waals surface area contributed by atoms with Crippen LogP contribution in [-0.4, -0.2) is 29.8 Å². The lowest BCUT2D eigenvalue weighted by atomic mass is 10.1. The Morgan fingerprint density at radius 3 is 2.50 bits per heavy atom. The average molecular weight is 391 g/mol. The predicted molar refractivity (Wildman–Crippen MR) is 102 cm³/mol. The van der Waals surface area contributed by atoms with Crippen molar-refractivity contribution in [1.82, 2.24) is 10.3 Å². The van der Waals surface area contributed by atoms with Crippen LogP contribution in [0.5, 0.6) is 5.75 Å². The van der Waals surface area contributed by atoms with Gasteiger partial charge < -0.3 is 15.4 Å². The molecule has 8 heteroatoms. The molecule has 0 bridgehead atoms. The van der Waals surface area contributed by atoms with Gasteiger partial charge in [-0.1, -0.05) is 0 Å². The summed E-state index contributed by atoms with van der Waals surface area (Å²) in [6, 6.07) is 7.80. The van der Waals surface area contributed by atoms with Crippen LogP contribution >= 0.6 is 0 Å². The summed E-state index contributed by atoms with van der Waals surface area (Å²) in [6.07, 6.45) is -2.56. The van der Waals surface area contributed by atoms with Crippen LogP contribution in [0.25, 0.3) is 0 Å². The summed E-state index contributed by atoms with van der Waals surface area (Å²) < 4.78 is 29.6. The first-order valence-electron chi connectivity index (χ1n) is 8.74. The van der Waals surface area contributed by atoms with E-state index in [4.69, 9.17) is 4.74 Å². The van der Waals surface area contributed by atoms with Crippen molar-refractivity contribution in [2.45, 2.75) is 40.2 Å².